The first-order valence-corrected chi connectivity index (χ1v) is 8.69. The lowest BCUT2D eigenvalue weighted by Gasteiger charge is -1.98. The molecule has 4 aromatic rings. The second-order valence-electron chi connectivity index (χ2n) is 4.86. The van der Waals surface area contributed by atoms with E-state index in [2.05, 4.69) is 15.2 Å². The summed E-state index contributed by atoms with van der Waals surface area (Å²) in [6.07, 6.45) is 0. The Balaban J connectivity index is 1.50. The van der Waals surface area contributed by atoms with E-state index in [0.717, 1.165) is 11.1 Å². The molecule has 0 aliphatic carbocycles. The molecule has 0 radical (unpaired) electrons. The summed E-state index contributed by atoms with van der Waals surface area (Å²) < 4.78 is 11.3. The molecule has 0 saturated carbocycles. The SMILES string of the molecule is Clc1ccc(-c2nnc(CSc3nc4ccccc4o3)o2)c(Cl)c1. The largest absolute Gasteiger partial charge is 0.431 e. The minimum Gasteiger partial charge on any atom is -0.431 e. The summed E-state index contributed by atoms with van der Waals surface area (Å²) in [7, 11) is 0. The highest BCUT2D eigenvalue weighted by Gasteiger charge is 2.14. The molecule has 2 aromatic carbocycles. The van der Waals surface area contributed by atoms with Crippen molar-refractivity contribution in [2.75, 3.05) is 0 Å². The molecular weight excluding hydrogens is 369 g/mol. The third kappa shape index (κ3) is 3.13. The number of hydrogen-bond acceptors (Lipinski definition) is 6. The number of para-hydroxylation sites is 2. The molecule has 0 spiro atoms. The number of halogens is 2. The van der Waals surface area contributed by atoms with Gasteiger partial charge in [-0.25, -0.2) is 4.98 Å². The van der Waals surface area contributed by atoms with Gasteiger partial charge in [-0.15, -0.1) is 10.2 Å². The van der Waals surface area contributed by atoms with Gasteiger partial charge in [0.1, 0.15) is 5.52 Å². The van der Waals surface area contributed by atoms with Gasteiger partial charge >= 0.3 is 0 Å². The fraction of sp³-hybridized carbons (Fsp3) is 0.0625. The smallest absolute Gasteiger partial charge is 0.257 e. The Morgan fingerprint density at radius 1 is 1.00 bits per heavy atom. The highest BCUT2D eigenvalue weighted by atomic mass is 35.5. The lowest BCUT2D eigenvalue weighted by atomic mass is 10.2. The van der Waals surface area contributed by atoms with Crippen LogP contribution >= 0.6 is 35.0 Å². The number of aromatic nitrogens is 3. The number of fused-ring (bicyclic) bond motifs is 1. The molecule has 0 aliphatic heterocycles. The third-order valence-corrected chi connectivity index (χ3v) is 4.58. The maximum absolute atomic E-state index is 6.15. The van der Waals surface area contributed by atoms with Crippen molar-refractivity contribution in [3.63, 3.8) is 0 Å². The summed E-state index contributed by atoms with van der Waals surface area (Å²) >= 11 is 13.4. The molecule has 0 unspecified atom stereocenters. The molecule has 0 bridgehead atoms. The Morgan fingerprint density at radius 3 is 2.71 bits per heavy atom. The Labute approximate surface area is 151 Å². The van der Waals surface area contributed by atoms with Crippen LogP contribution in [-0.2, 0) is 5.75 Å². The fourth-order valence-electron chi connectivity index (χ4n) is 2.12. The topological polar surface area (TPSA) is 65.0 Å². The summed E-state index contributed by atoms with van der Waals surface area (Å²) in [4.78, 5) is 4.39. The molecule has 8 heteroatoms. The van der Waals surface area contributed by atoms with Gasteiger partial charge < -0.3 is 8.83 Å². The lowest BCUT2D eigenvalue weighted by molar-refractivity contribution is 0.486. The van der Waals surface area contributed by atoms with Crippen LogP contribution < -0.4 is 0 Å². The lowest BCUT2D eigenvalue weighted by Crippen LogP contribution is -1.80. The van der Waals surface area contributed by atoms with Crippen LogP contribution in [0.5, 0.6) is 0 Å². The maximum Gasteiger partial charge on any atom is 0.257 e. The van der Waals surface area contributed by atoms with Crippen molar-refractivity contribution in [3.05, 3.63) is 58.4 Å². The zero-order valence-electron chi connectivity index (χ0n) is 12.1. The summed E-state index contributed by atoms with van der Waals surface area (Å²) in [5.74, 6) is 1.26. The summed E-state index contributed by atoms with van der Waals surface area (Å²) in [5, 5.41) is 9.62. The third-order valence-electron chi connectivity index (χ3n) is 3.22. The Bertz CT molecular complexity index is 982. The number of hydrogen-bond donors (Lipinski definition) is 0. The molecule has 0 atom stereocenters. The number of benzene rings is 2. The van der Waals surface area contributed by atoms with Crippen LogP contribution in [0.2, 0.25) is 10.0 Å². The number of nitrogens with zero attached hydrogens (tertiary/aromatic N) is 3. The van der Waals surface area contributed by atoms with Crippen molar-refractivity contribution < 1.29 is 8.83 Å². The molecule has 0 N–H and O–H groups in total. The van der Waals surface area contributed by atoms with Gasteiger partial charge in [0.25, 0.3) is 5.22 Å². The van der Waals surface area contributed by atoms with Crippen LogP contribution in [0.15, 0.2) is 56.5 Å². The van der Waals surface area contributed by atoms with Gasteiger partial charge in [0.05, 0.1) is 16.3 Å². The first-order chi connectivity index (χ1) is 11.7. The molecule has 0 fully saturated rings. The van der Waals surface area contributed by atoms with E-state index >= 15 is 0 Å². The molecule has 5 nitrogen and oxygen atoms in total. The van der Waals surface area contributed by atoms with Gasteiger partial charge in [-0.1, -0.05) is 47.1 Å². The quantitative estimate of drug-likeness (QED) is 0.439. The van der Waals surface area contributed by atoms with Crippen LogP contribution in [0.1, 0.15) is 5.89 Å². The molecule has 0 aliphatic rings. The van der Waals surface area contributed by atoms with E-state index in [0.29, 0.717) is 38.4 Å². The minimum absolute atomic E-state index is 0.352. The number of oxazole rings is 1. The first-order valence-electron chi connectivity index (χ1n) is 6.95. The molecule has 2 aromatic heterocycles. The van der Waals surface area contributed by atoms with Crippen LogP contribution in [0.4, 0.5) is 0 Å². The molecule has 120 valence electrons. The van der Waals surface area contributed by atoms with Crippen LogP contribution in [0.3, 0.4) is 0 Å². The Kier molecular flexibility index (Phi) is 4.18. The van der Waals surface area contributed by atoms with Crippen LogP contribution in [0, 0.1) is 0 Å². The highest BCUT2D eigenvalue weighted by Crippen LogP contribution is 2.31. The fourth-order valence-corrected chi connectivity index (χ4v) is 3.28. The molecule has 0 saturated heterocycles. The van der Waals surface area contributed by atoms with Crippen molar-refractivity contribution in [2.45, 2.75) is 11.0 Å². The standard InChI is InChI=1S/C16H9Cl2N3O2S/c17-9-5-6-10(11(18)7-9)15-21-20-14(23-15)8-24-16-19-12-3-1-2-4-13(12)22-16/h1-7H,8H2. The predicted octanol–water partition coefficient (Wildman–Crippen LogP) is 5.48. The molecule has 4 rings (SSSR count). The van der Waals surface area contributed by atoms with E-state index < -0.39 is 0 Å². The van der Waals surface area contributed by atoms with Crippen molar-refractivity contribution in [1.29, 1.82) is 0 Å². The van der Waals surface area contributed by atoms with E-state index in [1.807, 2.05) is 24.3 Å². The Hall–Kier alpha value is -2.02. The summed E-state index contributed by atoms with van der Waals surface area (Å²) in [6.45, 7) is 0. The van der Waals surface area contributed by atoms with Crippen molar-refractivity contribution in [2.24, 2.45) is 0 Å². The average molecular weight is 378 g/mol. The van der Waals surface area contributed by atoms with Gasteiger partial charge in [0.15, 0.2) is 5.58 Å². The molecule has 0 amide bonds. The van der Waals surface area contributed by atoms with Crippen LogP contribution in [0.25, 0.3) is 22.6 Å². The maximum atomic E-state index is 6.15. The average Bonchev–Trinajstić information content (AvgIpc) is 3.19. The monoisotopic (exact) mass is 377 g/mol. The second-order valence-corrected chi connectivity index (χ2v) is 6.63. The number of rotatable bonds is 4. The van der Waals surface area contributed by atoms with E-state index in [1.54, 1.807) is 18.2 Å². The predicted molar refractivity (Wildman–Crippen MR) is 93.3 cm³/mol. The van der Waals surface area contributed by atoms with E-state index in [1.165, 1.54) is 11.8 Å². The van der Waals surface area contributed by atoms with Gasteiger partial charge in [0.2, 0.25) is 11.8 Å². The van der Waals surface area contributed by atoms with Gasteiger partial charge in [0, 0.05) is 5.02 Å². The molecule has 2 heterocycles. The van der Waals surface area contributed by atoms with Gasteiger partial charge in [-0.3, -0.25) is 0 Å². The van der Waals surface area contributed by atoms with Crippen molar-refractivity contribution >= 4 is 46.1 Å². The first kappa shape index (κ1) is 15.5. The van der Waals surface area contributed by atoms with E-state index in [-0.39, 0.29) is 0 Å². The van der Waals surface area contributed by atoms with Gasteiger partial charge in [-0.05, 0) is 30.3 Å². The zero-order valence-corrected chi connectivity index (χ0v) is 14.4. The normalized spacial score (nSPS) is 11.2. The highest BCUT2D eigenvalue weighted by molar-refractivity contribution is 7.98. The van der Waals surface area contributed by atoms with E-state index in [9.17, 15) is 0 Å². The van der Waals surface area contributed by atoms with Crippen molar-refractivity contribution in [3.8, 4) is 11.5 Å². The molecule has 24 heavy (non-hydrogen) atoms. The second kappa shape index (κ2) is 6.47. The molecular formula is C16H9Cl2N3O2S. The van der Waals surface area contributed by atoms with Gasteiger partial charge in [-0.2, -0.15) is 0 Å². The van der Waals surface area contributed by atoms with E-state index in [4.69, 9.17) is 32.0 Å². The summed E-state index contributed by atoms with van der Waals surface area (Å²) in [5.41, 5.74) is 2.21. The summed E-state index contributed by atoms with van der Waals surface area (Å²) in [6, 6.07) is 12.7. The zero-order chi connectivity index (χ0) is 16.5. The number of thioether (sulfide) groups is 1. The van der Waals surface area contributed by atoms with Crippen LogP contribution in [-0.4, -0.2) is 15.2 Å². The minimum atomic E-state index is 0.352. The Morgan fingerprint density at radius 2 is 1.88 bits per heavy atom. The van der Waals surface area contributed by atoms with Crippen molar-refractivity contribution in [1.82, 2.24) is 15.2 Å².